The van der Waals surface area contributed by atoms with Gasteiger partial charge in [0.15, 0.2) is 23.3 Å². The van der Waals surface area contributed by atoms with E-state index in [9.17, 15) is 65.9 Å². The van der Waals surface area contributed by atoms with Crippen LogP contribution in [-0.4, -0.2) is 165 Å². The Bertz CT molecular complexity index is 6070. The molecule has 124 heavy (non-hydrogen) atoms. The zero-order chi connectivity index (χ0) is 90.4. The van der Waals surface area contributed by atoms with Crippen LogP contribution in [0.25, 0.3) is 133 Å². The molecule has 0 amide bonds. The molecule has 43 heteroatoms. The number of nitrogens with one attached hydrogen (secondary N) is 2. The molecule has 666 valence electrons. The molecule has 0 atom stereocenters. The maximum atomic E-state index is 15.9. The van der Waals surface area contributed by atoms with E-state index in [1.54, 1.807) is 58.9 Å². The summed E-state index contributed by atoms with van der Waals surface area (Å²) in [7, 11) is 0. The van der Waals surface area contributed by atoms with E-state index in [0.29, 0.717) is 0 Å². The Balaban J connectivity index is 1.26. The first-order chi connectivity index (χ1) is 58.1. The Morgan fingerprint density at radius 2 is 0.395 bits per heavy atom. The summed E-state index contributed by atoms with van der Waals surface area (Å²) in [6.07, 6.45) is -29.1. The van der Waals surface area contributed by atoms with E-state index in [0.717, 1.165) is 6.07 Å². The van der Waals surface area contributed by atoms with E-state index in [-0.39, 0.29) is 142 Å². The number of hydrogen-bond donors (Lipinski definition) is 2. The molecule has 16 nitrogen and oxygen atoms in total. The van der Waals surface area contributed by atoms with E-state index in [1.165, 1.54) is 66.7 Å². The van der Waals surface area contributed by atoms with Crippen molar-refractivity contribution in [2.24, 2.45) is 0 Å². The first kappa shape index (κ1) is 90.4. The standard InChI is InChI=1S/C81H65F27N8O8/c1-6-30-117-54-38-19-11-12-20-39(38)55(118-31-7-2)47-46(54)62-109-63(47)111-65-49-52(60(44-25-17-14-22-41(44)57(49)120-33-9-4)123-36-28-71(84,85)74(90,91)77(96,97)80(103,104)105)68(113-65)116-69-53-50(58(121-34-10-5)42-23-15-18-26-45(42)61(53)124-37-29-72(86,87)75(92,93)78(98,99)81(106,107)108)66(115-69)114-67-51-48(64(110-62)112-67)56(119-32-8-3)40-21-13-16-24-43(40)59(51)122-35-27-70(82,83)73(88,89)76(94,95)79(100,101)102/h11-26H,6-10,27-37H2,1-5H3,(H2,109,110,111,112,113,114,115,116). The number of aromatic nitrogens is 8. The molecule has 2 aliphatic heterocycles. The Morgan fingerprint density at radius 1 is 0.226 bits per heavy atom. The summed E-state index contributed by atoms with van der Waals surface area (Å²) in [6, 6.07) is 21.5. The van der Waals surface area contributed by atoms with Crippen LogP contribution in [0.1, 0.15) is 86.0 Å². The van der Waals surface area contributed by atoms with Crippen molar-refractivity contribution in [3.8, 4) is 91.5 Å². The fraction of sp³-hybridized carbons (Fsp3) is 0.407. The second-order valence-corrected chi connectivity index (χ2v) is 28.5. The second kappa shape index (κ2) is 32.7. The minimum absolute atomic E-state index is 0.0242. The fourth-order valence-corrected chi connectivity index (χ4v) is 14.0. The number of alkyl halides is 27. The first-order valence-electron chi connectivity index (χ1n) is 37.9. The molecule has 0 radical (unpaired) electrons. The van der Waals surface area contributed by atoms with Gasteiger partial charge < -0.3 is 47.9 Å². The second-order valence-electron chi connectivity index (χ2n) is 28.5. The van der Waals surface area contributed by atoms with Gasteiger partial charge in [-0.05, 0) is 32.1 Å². The predicted molar refractivity (Wildman–Crippen MR) is 398 cm³/mol. The van der Waals surface area contributed by atoms with Crippen molar-refractivity contribution in [1.29, 1.82) is 0 Å². The van der Waals surface area contributed by atoms with Gasteiger partial charge in [0.2, 0.25) is 0 Å². The topological polar surface area (TPSA) is 183 Å². The molecule has 2 N–H and O–H groups in total. The third-order valence-electron chi connectivity index (χ3n) is 20.0. The Kier molecular flexibility index (Phi) is 23.8. The lowest BCUT2D eigenvalue weighted by Gasteiger charge is -2.33. The van der Waals surface area contributed by atoms with E-state index in [2.05, 4.69) is 9.97 Å². The average molecular weight is 1790 g/mol. The van der Waals surface area contributed by atoms with Gasteiger partial charge >= 0.3 is 71.8 Å². The fourth-order valence-electron chi connectivity index (χ4n) is 14.0. The van der Waals surface area contributed by atoms with Crippen LogP contribution in [0.15, 0.2) is 97.1 Å². The minimum atomic E-state index is -7.45. The highest BCUT2D eigenvalue weighted by molar-refractivity contribution is 6.23. The lowest BCUT2D eigenvalue weighted by Crippen LogP contribution is -2.61. The largest absolute Gasteiger partial charge is 0.492 e. The molecule has 0 saturated carbocycles. The van der Waals surface area contributed by atoms with Gasteiger partial charge in [-0.15, -0.1) is 0 Å². The number of halogens is 27. The molecular formula is C81H65F27N8O8. The molecule has 0 aliphatic carbocycles. The highest BCUT2D eigenvalue weighted by Crippen LogP contribution is 2.61. The van der Waals surface area contributed by atoms with Gasteiger partial charge in [0, 0.05) is 43.1 Å². The zero-order valence-electron chi connectivity index (χ0n) is 64.7. The van der Waals surface area contributed by atoms with Crippen molar-refractivity contribution >= 4 is 87.2 Å². The van der Waals surface area contributed by atoms with E-state index in [4.69, 9.17) is 67.8 Å². The highest BCUT2D eigenvalue weighted by Gasteiger charge is 2.84. The third-order valence-corrected chi connectivity index (χ3v) is 20.0. The van der Waals surface area contributed by atoms with Crippen LogP contribution >= 0.6 is 0 Å². The van der Waals surface area contributed by atoms with Crippen LogP contribution in [0.5, 0.6) is 46.0 Å². The van der Waals surface area contributed by atoms with Crippen molar-refractivity contribution in [3.05, 3.63) is 97.1 Å². The summed E-state index contributed by atoms with van der Waals surface area (Å²) < 4.78 is 449. The number of ether oxygens (including phenoxy) is 8. The van der Waals surface area contributed by atoms with Crippen LogP contribution in [0.2, 0.25) is 0 Å². The third kappa shape index (κ3) is 14.9. The van der Waals surface area contributed by atoms with Crippen LogP contribution in [-0.2, 0) is 0 Å². The monoisotopic (exact) mass is 1790 g/mol. The lowest BCUT2D eigenvalue weighted by molar-refractivity contribution is -0.397. The minimum Gasteiger partial charge on any atom is -0.492 e. The van der Waals surface area contributed by atoms with E-state index in [1.807, 2.05) is 0 Å². The lowest BCUT2D eigenvalue weighted by atomic mass is 9.97. The number of rotatable bonds is 33. The van der Waals surface area contributed by atoms with Crippen LogP contribution in [0.3, 0.4) is 0 Å². The van der Waals surface area contributed by atoms with Gasteiger partial charge in [-0.2, -0.15) is 119 Å². The van der Waals surface area contributed by atoms with Crippen molar-refractivity contribution in [1.82, 2.24) is 39.9 Å². The molecule has 0 saturated heterocycles. The van der Waals surface area contributed by atoms with Crippen molar-refractivity contribution < 1.29 is 156 Å². The van der Waals surface area contributed by atoms with Gasteiger partial charge in [0.05, 0.1) is 116 Å². The van der Waals surface area contributed by atoms with Crippen molar-refractivity contribution in [2.45, 2.75) is 158 Å². The smallest absolute Gasteiger partial charge is 0.460 e. The van der Waals surface area contributed by atoms with Crippen LogP contribution in [0, 0.1) is 0 Å². The Morgan fingerprint density at radius 3 is 0.581 bits per heavy atom. The molecular weight excluding hydrogens is 1730 g/mol. The molecule has 8 bridgehead atoms. The van der Waals surface area contributed by atoms with Gasteiger partial charge in [-0.1, -0.05) is 132 Å². The number of H-pyrrole nitrogens is 2. The molecule has 2 aliphatic rings. The molecule has 13 rings (SSSR count). The summed E-state index contributed by atoms with van der Waals surface area (Å²) in [5, 5.41) is -2.46. The number of hydrogen-bond acceptors (Lipinski definition) is 14. The number of benzene rings is 8. The number of nitrogens with zero attached hydrogens (tertiary/aromatic N) is 6. The van der Waals surface area contributed by atoms with E-state index >= 15 is 52.7 Å². The zero-order valence-corrected chi connectivity index (χ0v) is 64.7. The SMILES string of the molecule is CCCOc1c2c(c(OCCC(F)(F)C(F)(F)C(F)(F)C(F)(F)F)c3ccccc13)-c1nc-2nc2[nH]c(nc3nc(nc4[nH]c(n1)c1c(OCCC)c5ccccc5c(OCCC(F)(F)C(F)(F)C(F)(F)C(F)(F)F)c41)-c1c-3c(OCCC)c3ccccc3c1OCCC(F)(F)C(F)(F)C(F)(F)C(F)(F)F)c1c(OCCC)c3ccccc3c(OCCC)c21. The molecule has 5 heterocycles. The van der Waals surface area contributed by atoms with Gasteiger partial charge in [-0.3, -0.25) is 0 Å². The van der Waals surface area contributed by atoms with Crippen molar-refractivity contribution in [2.75, 3.05) is 52.9 Å². The van der Waals surface area contributed by atoms with Crippen LogP contribution < -0.4 is 37.9 Å². The average Bonchev–Trinajstić information content (AvgIpc) is 1.51. The first-order valence-corrected chi connectivity index (χ1v) is 37.9. The summed E-state index contributed by atoms with van der Waals surface area (Å²) in [4.78, 5) is 35.8. The predicted octanol–water partition coefficient (Wildman–Crippen LogP) is 25.1. The Hall–Kier alpha value is -11.3. The van der Waals surface area contributed by atoms with E-state index < -0.39 is 213 Å². The van der Waals surface area contributed by atoms with Crippen LogP contribution in [0.4, 0.5) is 119 Å². The molecule has 0 fully saturated rings. The molecule has 3 aromatic heterocycles. The molecule has 0 spiro atoms. The molecule has 11 aromatic rings. The maximum absolute atomic E-state index is 15.9. The van der Waals surface area contributed by atoms with Gasteiger partial charge in [-0.25, -0.2) is 29.9 Å². The van der Waals surface area contributed by atoms with Gasteiger partial charge in [0.25, 0.3) is 0 Å². The number of aromatic amines is 2. The number of fused-ring (bicyclic) bond motifs is 24. The van der Waals surface area contributed by atoms with Crippen molar-refractivity contribution in [3.63, 3.8) is 0 Å². The summed E-state index contributed by atoms with van der Waals surface area (Å²) in [5.74, 6) is -69.7. The van der Waals surface area contributed by atoms with Gasteiger partial charge in [0.1, 0.15) is 68.6 Å². The highest BCUT2D eigenvalue weighted by atomic mass is 19.4. The summed E-state index contributed by atoms with van der Waals surface area (Å²) in [6.45, 7) is 1.26. The summed E-state index contributed by atoms with van der Waals surface area (Å²) in [5.41, 5.74) is -4.68. The Labute approximate surface area is 680 Å². The molecule has 0 unspecified atom stereocenters. The summed E-state index contributed by atoms with van der Waals surface area (Å²) >= 11 is 0. The normalized spacial score (nSPS) is 13.7. The quantitative estimate of drug-likeness (QED) is 0.0371. The molecule has 8 aromatic carbocycles. The maximum Gasteiger partial charge on any atom is 0.460 e.